The van der Waals surface area contributed by atoms with E-state index < -0.39 is 6.10 Å². The predicted octanol–water partition coefficient (Wildman–Crippen LogP) is 3.55. The summed E-state index contributed by atoms with van der Waals surface area (Å²) in [4.78, 5) is 12.4. The SMILES string of the molecule is CCOCc1cccc(NC(=O)[C@@H](OC)c2ccccc2)c1. The standard InChI is InChI=1S/C18H21NO3/c1-3-22-13-14-8-7-11-16(12-14)19-18(20)17(21-2)15-9-5-4-6-10-15/h4-12,17H,3,13H2,1-2H3,(H,19,20)/t17-/m0/s1. The zero-order chi connectivity index (χ0) is 15.8. The summed E-state index contributed by atoms with van der Waals surface area (Å²) >= 11 is 0. The summed E-state index contributed by atoms with van der Waals surface area (Å²) in [7, 11) is 1.53. The van der Waals surface area contributed by atoms with Crippen LogP contribution in [0.3, 0.4) is 0 Å². The number of hydrogen-bond donors (Lipinski definition) is 1. The van der Waals surface area contributed by atoms with Crippen molar-refractivity contribution in [2.45, 2.75) is 19.6 Å². The van der Waals surface area contributed by atoms with Gasteiger partial charge in [-0.15, -0.1) is 0 Å². The lowest BCUT2D eigenvalue weighted by atomic mass is 10.1. The molecular formula is C18H21NO3. The Balaban J connectivity index is 2.07. The summed E-state index contributed by atoms with van der Waals surface area (Å²) in [6.45, 7) is 3.15. The zero-order valence-electron chi connectivity index (χ0n) is 12.9. The van der Waals surface area contributed by atoms with Gasteiger partial charge in [-0.2, -0.15) is 0 Å². The van der Waals surface area contributed by atoms with Crippen molar-refractivity contribution in [3.63, 3.8) is 0 Å². The molecule has 2 aromatic rings. The van der Waals surface area contributed by atoms with E-state index in [2.05, 4.69) is 5.32 Å². The van der Waals surface area contributed by atoms with Gasteiger partial charge in [0.2, 0.25) is 0 Å². The summed E-state index contributed by atoms with van der Waals surface area (Å²) in [5.74, 6) is -0.192. The topological polar surface area (TPSA) is 47.6 Å². The molecule has 0 radical (unpaired) electrons. The minimum absolute atomic E-state index is 0.192. The minimum atomic E-state index is -0.628. The maximum atomic E-state index is 12.4. The number of anilines is 1. The van der Waals surface area contributed by atoms with Crippen LogP contribution < -0.4 is 5.32 Å². The van der Waals surface area contributed by atoms with Gasteiger partial charge < -0.3 is 14.8 Å². The number of amides is 1. The van der Waals surface area contributed by atoms with Crippen LogP contribution in [0.1, 0.15) is 24.2 Å². The second kappa shape index (κ2) is 8.32. The number of carbonyl (C=O) groups excluding carboxylic acids is 1. The fourth-order valence-electron chi connectivity index (χ4n) is 2.19. The first-order chi connectivity index (χ1) is 10.7. The molecule has 22 heavy (non-hydrogen) atoms. The monoisotopic (exact) mass is 299 g/mol. The Morgan fingerprint density at radius 2 is 1.91 bits per heavy atom. The van der Waals surface area contributed by atoms with Crippen molar-refractivity contribution in [2.24, 2.45) is 0 Å². The highest BCUT2D eigenvalue weighted by atomic mass is 16.5. The van der Waals surface area contributed by atoms with Crippen molar-refractivity contribution in [3.05, 3.63) is 65.7 Å². The van der Waals surface area contributed by atoms with Gasteiger partial charge in [-0.25, -0.2) is 0 Å². The molecule has 0 aromatic heterocycles. The van der Waals surface area contributed by atoms with Gasteiger partial charge >= 0.3 is 0 Å². The molecule has 0 unspecified atom stereocenters. The molecule has 0 aliphatic heterocycles. The molecule has 0 spiro atoms. The van der Waals surface area contributed by atoms with Gasteiger partial charge in [0.1, 0.15) is 0 Å². The Hall–Kier alpha value is -2.17. The van der Waals surface area contributed by atoms with Crippen LogP contribution >= 0.6 is 0 Å². The van der Waals surface area contributed by atoms with E-state index >= 15 is 0 Å². The number of rotatable bonds is 7. The molecule has 2 rings (SSSR count). The molecule has 1 amide bonds. The Bertz CT molecular complexity index is 598. The Morgan fingerprint density at radius 1 is 1.14 bits per heavy atom. The number of nitrogens with one attached hydrogen (secondary N) is 1. The first-order valence-corrected chi connectivity index (χ1v) is 7.30. The first kappa shape index (κ1) is 16.2. The molecule has 0 saturated carbocycles. The third-order valence-electron chi connectivity index (χ3n) is 3.24. The summed E-state index contributed by atoms with van der Waals surface area (Å²) in [5, 5.41) is 2.89. The van der Waals surface area contributed by atoms with Gasteiger partial charge in [-0.3, -0.25) is 4.79 Å². The van der Waals surface area contributed by atoms with Gasteiger partial charge in [0, 0.05) is 19.4 Å². The van der Waals surface area contributed by atoms with Crippen molar-refractivity contribution in [1.82, 2.24) is 0 Å². The van der Waals surface area contributed by atoms with E-state index in [4.69, 9.17) is 9.47 Å². The maximum Gasteiger partial charge on any atom is 0.258 e. The van der Waals surface area contributed by atoms with Crippen molar-refractivity contribution >= 4 is 11.6 Å². The van der Waals surface area contributed by atoms with Crippen molar-refractivity contribution in [3.8, 4) is 0 Å². The second-order valence-electron chi connectivity index (χ2n) is 4.85. The molecule has 0 fully saturated rings. The minimum Gasteiger partial charge on any atom is -0.377 e. The van der Waals surface area contributed by atoms with E-state index in [1.807, 2.05) is 61.5 Å². The third-order valence-corrected chi connectivity index (χ3v) is 3.24. The lowest BCUT2D eigenvalue weighted by molar-refractivity contribution is -0.126. The van der Waals surface area contributed by atoms with Crippen molar-refractivity contribution < 1.29 is 14.3 Å². The summed E-state index contributed by atoms with van der Waals surface area (Å²) < 4.78 is 10.7. The molecular weight excluding hydrogens is 278 g/mol. The molecule has 4 nitrogen and oxygen atoms in total. The number of methoxy groups -OCH3 is 1. The van der Waals surface area contributed by atoms with Crippen LogP contribution in [-0.2, 0) is 20.9 Å². The van der Waals surface area contributed by atoms with E-state index in [0.717, 1.165) is 16.8 Å². The van der Waals surface area contributed by atoms with Gasteiger partial charge in [-0.1, -0.05) is 42.5 Å². The molecule has 1 atom stereocenters. The average Bonchev–Trinajstić information content (AvgIpc) is 2.55. The van der Waals surface area contributed by atoms with Crippen molar-refractivity contribution in [2.75, 3.05) is 19.0 Å². The van der Waals surface area contributed by atoms with Crippen LogP contribution in [0.4, 0.5) is 5.69 Å². The highest BCUT2D eigenvalue weighted by Gasteiger charge is 2.19. The first-order valence-electron chi connectivity index (χ1n) is 7.30. The highest BCUT2D eigenvalue weighted by molar-refractivity contribution is 5.94. The Morgan fingerprint density at radius 3 is 2.59 bits per heavy atom. The second-order valence-corrected chi connectivity index (χ2v) is 4.85. The molecule has 0 heterocycles. The van der Waals surface area contributed by atoms with Crippen LogP contribution in [0.5, 0.6) is 0 Å². The zero-order valence-corrected chi connectivity index (χ0v) is 12.9. The van der Waals surface area contributed by atoms with Gasteiger partial charge in [0.25, 0.3) is 5.91 Å². The van der Waals surface area contributed by atoms with Gasteiger partial charge in [0.15, 0.2) is 6.10 Å². The smallest absolute Gasteiger partial charge is 0.258 e. The number of hydrogen-bond acceptors (Lipinski definition) is 3. The van der Waals surface area contributed by atoms with E-state index in [0.29, 0.717) is 13.2 Å². The van der Waals surface area contributed by atoms with Crippen LogP contribution in [0, 0.1) is 0 Å². The van der Waals surface area contributed by atoms with Crippen LogP contribution in [0.2, 0.25) is 0 Å². The van der Waals surface area contributed by atoms with Gasteiger partial charge in [-0.05, 0) is 30.2 Å². The van der Waals surface area contributed by atoms with E-state index in [9.17, 15) is 4.79 Å². The number of benzene rings is 2. The lowest BCUT2D eigenvalue weighted by Crippen LogP contribution is -2.22. The normalized spacial score (nSPS) is 11.9. The quantitative estimate of drug-likeness (QED) is 0.850. The van der Waals surface area contributed by atoms with E-state index in [1.54, 1.807) is 0 Å². The Labute approximate surface area is 131 Å². The van der Waals surface area contributed by atoms with Crippen LogP contribution in [-0.4, -0.2) is 19.6 Å². The fourth-order valence-corrected chi connectivity index (χ4v) is 2.19. The lowest BCUT2D eigenvalue weighted by Gasteiger charge is -2.16. The number of ether oxygens (including phenoxy) is 2. The number of carbonyl (C=O) groups is 1. The summed E-state index contributed by atoms with van der Waals surface area (Å²) in [6, 6.07) is 17.1. The van der Waals surface area contributed by atoms with Crippen molar-refractivity contribution in [1.29, 1.82) is 0 Å². The molecule has 1 N–H and O–H groups in total. The Kier molecular flexibility index (Phi) is 6.13. The molecule has 4 heteroatoms. The van der Waals surface area contributed by atoms with Crippen LogP contribution in [0.15, 0.2) is 54.6 Å². The third kappa shape index (κ3) is 4.41. The maximum absolute atomic E-state index is 12.4. The van der Waals surface area contributed by atoms with Crippen LogP contribution in [0.25, 0.3) is 0 Å². The molecule has 0 saturated heterocycles. The molecule has 0 aliphatic rings. The molecule has 116 valence electrons. The van der Waals surface area contributed by atoms with Gasteiger partial charge in [0.05, 0.1) is 6.61 Å². The highest BCUT2D eigenvalue weighted by Crippen LogP contribution is 2.19. The average molecular weight is 299 g/mol. The fraction of sp³-hybridized carbons (Fsp3) is 0.278. The predicted molar refractivity (Wildman–Crippen MR) is 86.6 cm³/mol. The molecule has 0 aliphatic carbocycles. The van der Waals surface area contributed by atoms with E-state index in [1.165, 1.54) is 7.11 Å². The van der Waals surface area contributed by atoms with E-state index in [-0.39, 0.29) is 5.91 Å². The summed E-state index contributed by atoms with van der Waals surface area (Å²) in [6.07, 6.45) is -0.628. The molecule has 0 bridgehead atoms. The molecule has 2 aromatic carbocycles. The summed E-state index contributed by atoms with van der Waals surface area (Å²) in [5.41, 5.74) is 2.58. The largest absolute Gasteiger partial charge is 0.377 e.